The van der Waals surface area contributed by atoms with Crippen LogP contribution in [-0.2, 0) is 56.2 Å². The lowest BCUT2D eigenvalue weighted by Crippen LogP contribution is -2.62. The van der Waals surface area contributed by atoms with Crippen molar-refractivity contribution in [2.24, 2.45) is 11.8 Å². The molecule has 0 amide bonds. The molecule has 10 aliphatic rings. The van der Waals surface area contributed by atoms with Crippen molar-refractivity contribution in [2.75, 3.05) is 13.2 Å². The standard InChI is InChI=1S/C55H94O13Si2/c1-31-25-36(18-19-39-32(2)26-37(58-39)21-23-55-29-44-48(65-55)49-50(63-44)51(66-55)47-40(62-49)20-17-35(60-47)22-24-56)59-41(33(31)3)28-43-46(68-70(15,16)53(8,9)10)34(4)45(67-69(13,14)52(5,6)7)42(61-43)27-38-30-57-54(11,12)64-38/h31,34-51,56H,2-3,17-30H2,1,4-16H3/t31-,34+,35-,36+,37+,38-,39+,40+,41-,42+,43+,44-,45+,46-,47+,48+,49+,50-,51+,55+/m1/s1. The zero-order valence-corrected chi connectivity index (χ0v) is 47.6. The molecule has 10 heterocycles. The summed E-state index contributed by atoms with van der Waals surface area (Å²) in [6, 6.07) is 0. The topological polar surface area (TPSA) is 131 Å². The molecule has 20 atom stereocenters. The van der Waals surface area contributed by atoms with Crippen molar-refractivity contribution in [2.45, 2.75) is 298 Å². The molecule has 10 aliphatic heterocycles. The van der Waals surface area contributed by atoms with E-state index in [1.807, 2.05) is 13.8 Å². The molecular weight excluding hydrogens is 925 g/mol. The van der Waals surface area contributed by atoms with Gasteiger partial charge in [0, 0.05) is 38.2 Å². The summed E-state index contributed by atoms with van der Waals surface area (Å²) < 4.78 is 82.5. The van der Waals surface area contributed by atoms with Gasteiger partial charge in [-0.3, -0.25) is 0 Å². The lowest BCUT2D eigenvalue weighted by atomic mass is 9.80. The van der Waals surface area contributed by atoms with Crippen LogP contribution < -0.4 is 0 Å². The van der Waals surface area contributed by atoms with Gasteiger partial charge in [-0.05, 0) is 119 Å². The Balaban J connectivity index is 0.849. The molecule has 70 heavy (non-hydrogen) atoms. The zero-order valence-electron chi connectivity index (χ0n) is 45.6. The molecule has 400 valence electrons. The van der Waals surface area contributed by atoms with Crippen molar-refractivity contribution in [3.8, 4) is 0 Å². The molecule has 13 nitrogen and oxygen atoms in total. The minimum absolute atomic E-state index is 0.00158. The normalized spacial score (nSPS) is 45.1. The minimum atomic E-state index is -2.26. The number of aliphatic hydroxyl groups excluding tert-OH is 1. The van der Waals surface area contributed by atoms with Gasteiger partial charge in [-0.15, -0.1) is 0 Å². The predicted molar refractivity (Wildman–Crippen MR) is 273 cm³/mol. The Morgan fingerprint density at radius 1 is 0.643 bits per heavy atom. The second-order valence-electron chi connectivity index (χ2n) is 26.7. The molecule has 0 aromatic heterocycles. The average molecular weight is 1020 g/mol. The van der Waals surface area contributed by atoms with E-state index in [-0.39, 0.29) is 126 Å². The largest absolute Gasteiger partial charge is 0.411 e. The third-order valence-electron chi connectivity index (χ3n) is 19.0. The van der Waals surface area contributed by atoms with Gasteiger partial charge in [-0.2, -0.15) is 0 Å². The molecule has 0 aliphatic carbocycles. The van der Waals surface area contributed by atoms with Gasteiger partial charge in [0.15, 0.2) is 28.2 Å². The lowest BCUT2D eigenvalue weighted by Gasteiger charge is -2.53. The molecule has 15 heteroatoms. The molecule has 1 N–H and O–H groups in total. The highest BCUT2D eigenvalue weighted by Gasteiger charge is 2.69. The molecule has 6 bridgehead atoms. The van der Waals surface area contributed by atoms with E-state index >= 15 is 0 Å². The summed E-state index contributed by atoms with van der Waals surface area (Å²) in [5.41, 5.74) is 2.29. The maximum absolute atomic E-state index is 9.66. The third kappa shape index (κ3) is 11.0. The maximum atomic E-state index is 9.66. The predicted octanol–water partition coefficient (Wildman–Crippen LogP) is 10.1. The first kappa shape index (κ1) is 54.2. The first-order chi connectivity index (χ1) is 32.7. The Hall–Kier alpha value is -0.606. The van der Waals surface area contributed by atoms with E-state index in [9.17, 15) is 5.11 Å². The maximum Gasteiger partial charge on any atom is 0.192 e. The van der Waals surface area contributed by atoms with Gasteiger partial charge < -0.3 is 61.3 Å². The van der Waals surface area contributed by atoms with Crippen LogP contribution in [0.25, 0.3) is 0 Å². The highest BCUT2D eigenvalue weighted by molar-refractivity contribution is 6.74. The molecule has 0 aromatic rings. The minimum Gasteiger partial charge on any atom is -0.411 e. The van der Waals surface area contributed by atoms with Crippen molar-refractivity contribution in [1.82, 2.24) is 0 Å². The smallest absolute Gasteiger partial charge is 0.192 e. The van der Waals surface area contributed by atoms with Crippen molar-refractivity contribution in [1.29, 1.82) is 0 Å². The molecule has 0 spiro atoms. The van der Waals surface area contributed by atoms with Crippen LogP contribution in [0, 0.1) is 11.8 Å². The summed E-state index contributed by atoms with van der Waals surface area (Å²) >= 11 is 0. The number of ether oxygens (including phenoxy) is 10. The van der Waals surface area contributed by atoms with Crippen LogP contribution in [0.4, 0.5) is 0 Å². The van der Waals surface area contributed by atoms with E-state index in [4.69, 9.17) is 56.2 Å². The van der Waals surface area contributed by atoms with Crippen LogP contribution in [0.2, 0.25) is 36.3 Å². The zero-order chi connectivity index (χ0) is 50.5. The summed E-state index contributed by atoms with van der Waals surface area (Å²) in [5.74, 6) is -1.03. The number of rotatable bonds is 16. The van der Waals surface area contributed by atoms with Crippen molar-refractivity contribution < 1.29 is 61.3 Å². The summed E-state index contributed by atoms with van der Waals surface area (Å²) in [7, 11) is -4.48. The van der Waals surface area contributed by atoms with Crippen LogP contribution in [0.1, 0.15) is 146 Å². The summed E-state index contributed by atoms with van der Waals surface area (Å²) in [5, 5.41) is 9.70. The Morgan fingerprint density at radius 3 is 1.91 bits per heavy atom. The van der Waals surface area contributed by atoms with Gasteiger partial charge in [0.25, 0.3) is 0 Å². The summed E-state index contributed by atoms with van der Waals surface area (Å²) in [6.45, 7) is 41.8. The third-order valence-corrected chi connectivity index (χ3v) is 27.9. The van der Waals surface area contributed by atoms with Crippen LogP contribution in [0.3, 0.4) is 0 Å². The van der Waals surface area contributed by atoms with Gasteiger partial charge in [-0.25, -0.2) is 0 Å². The van der Waals surface area contributed by atoms with Crippen molar-refractivity contribution in [3.63, 3.8) is 0 Å². The SMILES string of the molecule is C=C1C[C@H](CC[C@@]23C[C@H]4O[C@H]5[C@@H](O2)[C@H]2O[C@@H](CCO)CC[C@@H]2O[C@H]5[C@H]4O3)O[C@H]1CC[C@H]1C[C@@H](C)C(=C)[C@@H](C[C@@H]2O[C@@H](C[C@@H]3COC(C)(C)O3)[C@@H](O[Si](C)(C)C(C)(C)C)[C@H](C)[C@H]2O[Si](C)(C)C(C)(C)C)O1. The first-order valence-electron chi connectivity index (χ1n) is 27.6. The second kappa shape index (κ2) is 20.1. The molecule has 10 rings (SSSR count). The Labute approximate surface area is 423 Å². The quantitative estimate of drug-likeness (QED) is 0.116. The van der Waals surface area contributed by atoms with E-state index in [1.54, 1.807) is 0 Å². The highest BCUT2D eigenvalue weighted by Crippen LogP contribution is 2.55. The van der Waals surface area contributed by atoms with Crippen LogP contribution in [-0.4, -0.2) is 150 Å². The Morgan fingerprint density at radius 2 is 1.27 bits per heavy atom. The Kier molecular flexibility index (Phi) is 15.5. The monoisotopic (exact) mass is 1020 g/mol. The molecule has 10 saturated heterocycles. The molecule has 0 aromatic carbocycles. The van der Waals surface area contributed by atoms with Crippen LogP contribution >= 0.6 is 0 Å². The highest BCUT2D eigenvalue weighted by atomic mass is 28.4. The fourth-order valence-corrected chi connectivity index (χ4v) is 15.6. The van der Waals surface area contributed by atoms with Crippen LogP contribution in [0.5, 0.6) is 0 Å². The summed E-state index contributed by atoms with van der Waals surface area (Å²) in [4.78, 5) is 0. The molecule has 0 saturated carbocycles. The lowest BCUT2D eigenvalue weighted by molar-refractivity contribution is -0.293. The van der Waals surface area contributed by atoms with Crippen molar-refractivity contribution >= 4 is 16.6 Å². The van der Waals surface area contributed by atoms with Gasteiger partial charge in [0.2, 0.25) is 0 Å². The number of fused-ring (bicyclic) bond motifs is 1. The molecular formula is C55H94O13Si2. The number of aliphatic hydroxyl groups is 1. The first-order valence-corrected chi connectivity index (χ1v) is 33.4. The second-order valence-corrected chi connectivity index (χ2v) is 36.2. The Bertz CT molecular complexity index is 1860. The van der Waals surface area contributed by atoms with E-state index in [0.29, 0.717) is 44.6 Å². The van der Waals surface area contributed by atoms with Gasteiger partial charge in [0.1, 0.15) is 30.5 Å². The van der Waals surface area contributed by atoms with E-state index in [0.717, 1.165) is 56.1 Å². The molecule has 0 unspecified atom stereocenters. The fourth-order valence-electron chi connectivity index (χ4n) is 12.8. The van der Waals surface area contributed by atoms with Gasteiger partial charge in [-0.1, -0.05) is 68.5 Å². The van der Waals surface area contributed by atoms with E-state index < -0.39 is 28.2 Å². The number of hydrogen-bond donors (Lipinski definition) is 1. The average Bonchev–Trinajstić information content (AvgIpc) is 3.96. The fraction of sp³-hybridized carbons (Fsp3) is 0.927. The van der Waals surface area contributed by atoms with Crippen LogP contribution in [0.15, 0.2) is 24.3 Å². The van der Waals surface area contributed by atoms with E-state index in [1.165, 1.54) is 0 Å². The number of hydrogen-bond acceptors (Lipinski definition) is 13. The van der Waals surface area contributed by atoms with Crippen molar-refractivity contribution in [3.05, 3.63) is 24.3 Å². The molecule has 10 fully saturated rings. The van der Waals surface area contributed by atoms with Gasteiger partial charge in [0.05, 0.1) is 79.9 Å². The molecule has 0 radical (unpaired) electrons. The summed E-state index contributed by atoms with van der Waals surface area (Å²) in [6.07, 6.45) is 7.36. The van der Waals surface area contributed by atoms with E-state index in [2.05, 4.69) is 94.7 Å². The van der Waals surface area contributed by atoms with Gasteiger partial charge >= 0.3 is 0 Å².